The summed E-state index contributed by atoms with van der Waals surface area (Å²) in [4.78, 5) is 18.9. The molecule has 0 aliphatic carbocycles. The number of methoxy groups -OCH3 is 2. The van der Waals surface area contributed by atoms with E-state index < -0.39 is 0 Å². The molecule has 1 amide bonds. The zero-order chi connectivity index (χ0) is 21.1. The van der Waals surface area contributed by atoms with E-state index in [2.05, 4.69) is 10.1 Å². The molecule has 1 aliphatic heterocycles. The Morgan fingerprint density at radius 2 is 1.93 bits per heavy atom. The Morgan fingerprint density at radius 1 is 1.13 bits per heavy atom. The molecule has 8 nitrogen and oxygen atoms in total. The minimum absolute atomic E-state index is 0.0165. The normalized spacial score (nSPS) is 16.0. The van der Waals surface area contributed by atoms with Gasteiger partial charge in [0.1, 0.15) is 5.75 Å². The Bertz CT molecular complexity index is 1030. The maximum Gasteiger partial charge on any atom is 0.232 e. The number of nitrogens with zero attached hydrogens (tertiary/aromatic N) is 3. The molecule has 4 rings (SSSR count). The number of amides is 1. The lowest BCUT2D eigenvalue weighted by Crippen LogP contribution is -2.24. The Hall–Kier alpha value is -3.55. The second-order valence-electron chi connectivity index (χ2n) is 6.83. The van der Waals surface area contributed by atoms with Crippen LogP contribution in [-0.4, -0.2) is 43.4 Å². The van der Waals surface area contributed by atoms with Gasteiger partial charge in [-0.2, -0.15) is 4.98 Å². The van der Waals surface area contributed by atoms with E-state index in [4.69, 9.17) is 18.7 Å². The van der Waals surface area contributed by atoms with Gasteiger partial charge in [-0.3, -0.25) is 4.79 Å². The van der Waals surface area contributed by atoms with Gasteiger partial charge < -0.3 is 23.6 Å². The Morgan fingerprint density at radius 3 is 2.63 bits per heavy atom. The first-order valence-corrected chi connectivity index (χ1v) is 9.72. The lowest BCUT2D eigenvalue weighted by Gasteiger charge is -2.16. The highest BCUT2D eigenvalue weighted by Gasteiger charge is 2.35. The summed E-state index contributed by atoms with van der Waals surface area (Å²) in [5.74, 6) is 2.55. The van der Waals surface area contributed by atoms with Crippen molar-refractivity contribution >= 4 is 11.6 Å². The first-order valence-electron chi connectivity index (χ1n) is 9.72. The van der Waals surface area contributed by atoms with E-state index in [-0.39, 0.29) is 11.8 Å². The van der Waals surface area contributed by atoms with Crippen molar-refractivity contribution in [2.45, 2.75) is 19.3 Å². The zero-order valence-electron chi connectivity index (χ0n) is 17.1. The summed E-state index contributed by atoms with van der Waals surface area (Å²) < 4.78 is 21.8. The third-order valence-corrected chi connectivity index (χ3v) is 5.02. The van der Waals surface area contributed by atoms with Crippen molar-refractivity contribution in [3.8, 4) is 28.6 Å². The summed E-state index contributed by atoms with van der Waals surface area (Å²) in [5, 5.41) is 4.10. The number of carbonyl (C=O) groups excluding carboxylic acids is 1. The Labute approximate surface area is 174 Å². The summed E-state index contributed by atoms with van der Waals surface area (Å²) in [5.41, 5.74) is 1.49. The van der Waals surface area contributed by atoms with Crippen LogP contribution in [0.25, 0.3) is 11.4 Å². The Kier molecular flexibility index (Phi) is 5.56. The van der Waals surface area contributed by atoms with Crippen LogP contribution in [0.2, 0.25) is 0 Å². The molecule has 1 aromatic heterocycles. The number of benzene rings is 2. The molecule has 0 saturated carbocycles. The van der Waals surface area contributed by atoms with Crippen molar-refractivity contribution < 1.29 is 23.5 Å². The minimum Gasteiger partial charge on any atom is -0.494 e. The summed E-state index contributed by atoms with van der Waals surface area (Å²) in [6.45, 7) is 3.01. The topological polar surface area (TPSA) is 86.9 Å². The second-order valence-corrected chi connectivity index (χ2v) is 6.83. The number of anilines is 1. The number of hydrogen-bond donors (Lipinski definition) is 0. The van der Waals surface area contributed by atoms with E-state index in [1.807, 2.05) is 43.3 Å². The number of rotatable bonds is 7. The summed E-state index contributed by atoms with van der Waals surface area (Å²) in [6.07, 6.45) is 0.310. The van der Waals surface area contributed by atoms with Crippen molar-refractivity contribution in [2.24, 2.45) is 0 Å². The molecule has 1 aliphatic rings. The molecule has 3 aromatic rings. The fourth-order valence-corrected chi connectivity index (χ4v) is 3.59. The van der Waals surface area contributed by atoms with Gasteiger partial charge in [0.15, 0.2) is 11.5 Å². The number of ether oxygens (including phenoxy) is 3. The molecule has 156 valence electrons. The summed E-state index contributed by atoms with van der Waals surface area (Å²) in [6, 6.07) is 12.9. The maximum absolute atomic E-state index is 12.6. The molecular formula is C22H23N3O5. The van der Waals surface area contributed by atoms with Crippen LogP contribution in [0.5, 0.6) is 17.2 Å². The van der Waals surface area contributed by atoms with Gasteiger partial charge in [0.05, 0.1) is 32.3 Å². The van der Waals surface area contributed by atoms with Crippen molar-refractivity contribution in [3.05, 3.63) is 48.4 Å². The molecule has 0 N–H and O–H groups in total. The predicted octanol–water partition coefficient (Wildman–Crippen LogP) is 3.67. The predicted molar refractivity (Wildman–Crippen MR) is 110 cm³/mol. The maximum atomic E-state index is 12.6. The van der Waals surface area contributed by atoms with Gasteiger partial charge in [0.25, 0.3) is 0 Å². The van der Waals surface area contributed by atoms with Crippen molar-refractivity contribution in [2.75, 3.05) is 32.3 Å². The average Bonchev–Trinajstić information content (AvgIpc) is 3.41. The van der Waals surface area contributed by atoms with Gasteiger partial charge in [0.2, 0.25) is 17.6 Å². The average molecular weight is 409 g/mol. The van der Waals surface area contributed by atoms with Gasteiger partial charge in [-0.1, -0.05) is 11.2 Å². The fourth-order valence-electron chi connectivity index (χ4n) is 3.59. The van der Waals surface area contributed by atoms with E-state index in [0.717, 1.165) is 11.4 Å². The van der Waals surface area contributed by atoms with Gasteiger partial charge >= 0.3 is 0 Å². The summed E-state index contributed by atoms with van der Waals surface area (Å²) in [7, 11) is 3.13. The Balaban J connectivity index is 1.54. The molecule has 0 radical (unpaired) electrons. The third-order valence-electron chi connectivity index (χ3n) is 5.02. The smallest absolute Gasteiger partial charge is 0.232 e. The molecule has 1 fully saturated rings. The highest BCUT2D eigenvalue weighted by molar-refractivity contribution is 5.96. The van der Waals surface area contributed by atoms with Crippen molar-refractivity contribution in [1.82, 2.24) is 10.1 Å². The number of para-hydroxylation sites is 1. The van der Waals surface area contributed by atoms with Crippen LogP contribution >= 0.6 is 0 Å². The molecular weight excluding hydrogens is 386 g/mol. The van der Waals surface area contributed by atoms with E-state index >= 15 is 0 Å². The van der Waals surface area contributed by atoms with Crippen LogP contribution in [0, 0.1) is 0 Å². The van der Waals surface area contributed by atoms with Gasteiger partial charge in [-0.25, -0.2) is 0 Å². The van der Waals surface area contributed by atoms with E-state index in [9.17, 15) is 4.79 Å². The molecule has 0 unspecified atom stereocenters. The molecule has 0 bridgehead atoms. The van der Waals surface area contributed by atoms with Crippen molar-refractivity contribution in [1.29, 1.82) is 0 Å². The number of aromatic nitrogens is 2. The van der Waals surface area contributed by atoms with Crippen LogP contribution in [0.4, 0.5) is 5.69 Å². The SMILES string of the molecule is CCOc1ccc(N2C[C@H](c3nc(-c4cccc(OC)c4OC)no3)CC2=O)cc1. The molecule has 0 spiro atoms. The number of carbonyl (C=O) groups is 1. The zero-order valence-corrected chi connectivity index (χ0v) is 17.1. The van der Waals surface area contributed by atoms with E-state index in [1.165, 1.54) is 0 Å². The highest BCUT2D eigenvalue weighted by Crippen LogP contribution is 2.38. The molecule has 8 heteroatoms. The first-order chi connectivity index (χ1) is 14.6. The standard InChI is InChI=1S/C22H23N3O5/c1-4-29-16-10-8-15(9-11-16)25-13-14(12-19(25)26)22-23-21(24-30-22)17-6-5-7-18(27-2)20(17)28-3/h5-11,14H,4,12-13H2,1-3H3/t14-/m1/s1. The second kappa shape index (κ2) is 8.44. The van der Waals surface area contributed by atoms with Crippen LogP contribution in [0.3, 0.4) is 0 Å². The molecule has 1 saturated heterocycles. The molecule has 1 atom stereocenters. The first kappa shape index (κ1) is 19.8. The number of hydrogen-bond acceptors (Lipinski definition) is 7. The fraction of sp³-hybridized carbons (Fsp3) is 0.318. The lowest BCUT2D eigenvalue weighted by atomic mass is 10.1. The monoisotopic (exact) mass is 409 g/mol. The van der Waals surface area contributed by atoms with Crippen LogP contribution < -0.4 is 19.1 Å². The molecule has 30 heavy (non-hydrogen) atoms. The highest BCUT2D eigenvalue weighted by atomic mass is 16.5. The third kappa shape index (κ3) is 3.68. The summed E-state index contributed by atoms with van der Waals surface area (Å²) >= 11 is 0. The molecule has 2 aromatic carbocycles. The minimum atomic E-state index is -0.179. The van der Waals surface area contributed by atoms with Gasteiger partial charge in [-0.15, -0.1) is 0 Å². The largest absolute Gasteiger partial charge is 0.494 e. The quantitative estimate of drug-likeness (QED) is 0.588. The van der Waals surface area contributed by atoms with Crippen LogP contribution in [0.1, 0.15) is 25.2 Å². The van der Waals surface area contributed by atoms with Crippen molar-refractivity contribution in [3.63, 3.8) is 0 Å². The van der Waals surface area contributed by atoms with Gasteiger partial charge in [-0.05, 0) is 43.3 Å². The van der Waals surface area contributed by atoms with Gasteiger partial charge in [0, 0.05) is 18.7 Å². The van der Waals surface area contributed by atoms with Crippen LogP contribution in [-0.2, 0) is 4.79 Å². The van der Waals surface area contributed by atoms with Crippen LogP contribution in [0.15, 0.2) is 47.0 Å². The molecule has 2 heterocycles. The van der Waals surface area contributed by atoms with E-state index in [1.54, 1.807) is 25.2 Å². The van der Waals surface area contributed by atoms with E-state index in [0.29, 0.717) is 48.4 Å². The lowest BCUT2D eigenvalue weighted by molar-refractivity contribution is -0.117.